The Hall–Kier alpha value is -6.68. The van der Waals surface area contributed by atoms with Crippen LogP contribution >= 0.6 is 21.6 Å². The minimum atomic E-state index is -1.58. The number of hydrogen-bond acceptors (Lipinski definition) is 16. The molecular formula is C56H88N12O14S2. The number of nitrogens with one attached hydrogen (secondary N) is 8. The van der Waals surface area contributed by atoms with Gasteiger partial charge in [0.15, 0.2) is 0 Å². The summed E-state index contributed by atoms with van der Waals surface area (Å²) in [5.74, 6) is -10.3. The highest BCUT2D eigenvalue weighted by molar-refractivity contribution is 8.76. The van der Waals surface area contributed by atoms with Crippen molar-refractivity contribution in [3.63, 3.8) is 0 Å². The second-order valence-corrected chi connectivity index (χ2v) is 25.2. The summed E-state index contributed by atoms with van der Waals surface area (Å²) in [7, 11) is 1.97. The SMILES string of the molecule is CC[C@H](C)[C@H](NC(C)=O)C(=O)N1CCC[C@H]1C(=O)N1CCC[C@H]1C(=O)N[C@@H](CCCCN)C(=O)N[C@@H](Cc1ccc(O)cc1)C(=O)N[C@H]1CSSC[C@@H](C(N)=O)NC(=O)[C@H](CC(C)C)NC(=O)[C@H](CC(C)C)NC(=O)[C@H](CCC(=O)O)NC1=O. The van der Waals surface area contributed by atoms with Gasteiger partial charge in [0.1, 0.15) is 66.2 Å². The lowest BCUT2D eigenvalue weighted by atomic mass is 9.97. The molecule has 1 aromatic carbocycles. The third-order valence-corrected chi connectivity index (χ3v) is 17.3. The number of carbonyl (C=O) groups excluding carboxylic acids is 11. The lowest BCUT2D eigenvalue weighted by Crippen LogP contribution is -2.61. The highest BCUT2D eigenvalue weighted by Crippen LogP contribution is 2.28. The lowest BCUT2D eigenvalue weighted by molar-refractivity contribution is -0.148. The van der Waals surface area contributed by atoms with Gasteiger partial charge in [-0.15, -0.1) is 0 Å². The second kappa shape index (κ2) is 34.3. The van der Waals surface area contributed by atoms with Gasteiger partial charge >= 0.3 is 5.97 Å². The third-order valence-electron chi connectivity index (χ3n) is 14.9. The summed E-state index contributed by atoms with van der Waals surface area (Å²) in [4.78, 5) is 168. The van der Waals surface area contributed by atoms with Crippen LogP contribution in [0.25, 0.3) is 0 Å². The first kappa shape index (κ1) is 69.8. The van der Waals surface area contributed by atoms with Crippen molar-refractivity contribution in [2.24, 2.45) is 29.2 Å². The van der Waals surface area contributed by atoms with Crippen LogP contribution in [0, 0.1) is 17.8 Å². The fraction of sp³-hybridized carbons (Fsp3) is 0.679. The van der Waals surface area contributed by atoms with Crippen molar-refractivity contribution in [3.05, 3.63) is 29.8 Å². The standard InChI is InChI=1S/C56H88N12O14S2/c1-8-32(6)46(59-33(7)69)56(82)68-24-12-15-44(68)55(81)67-23-11-14-43(67)54(80)61-36(13-9-10-22-57)48(74)64-40(27-34-16-18-35(70)19-17-34)52(78)66-42-29-84-83-28-41(47(58)73)65-51(77)39(26-31(4)5)63-50(76)38(25-30(2)3)62-49(75)37(60-53(42)79)20-21-45(71)72/h16-19,30-32,36-44,46,70H,8-15,20-29,57H2,1-7H3,(H2,58,73)(H,59,69)(H,60,79)(H,61,80)(H,62,75)(H,63,76)(H,64,74)(H,65,77)(H,66,78)(H,71,72)/t32-,36-,37-,38-,39-,40-,41-,42-,43-,44-,46-/m0/s1. The molecule has 0 saturated carbocycles. The van der Waals surface area contributed by atoms with Gasteiger partial charge in [-0.25, -0.2) is 0 Å². The Morgan fingerprint density at radius 3 is 1.86 bits per heavy atom. The molecule has 11 atom stereocenters. The van der Waals surface area contributed by atoms with E-state index >= 15 is 0 Å². The maximum atomic E-state index is 14.8. The summed E-state index contributed by atoms with van der Waals surface area (Å²) >= 11 is 0. The fourth-order valence-corrected chi connectivity index (χ4v) is 12.5. The number of amides is 11. The lowest BCUT2D eigenvalue weighted by Gasteiger charge is -2.34. The zero-order valence-corrected chi connectivity index (χ0v) is 50.8. The monoisotopic (exact) mass is 1220 g/mol. The van der Waals surface area contributed by atoms with Crippen LogP contribution < -0.4 is 54.0 Å². The van der Waals surface area contributed by atoms with Gasteiger partial charge in [-0.1, -0.05) is 81.7 Å². The number of phenols is 1. The number of aliphatic carboxylic acids is 1. The molecule has 468 valence electrons. The van der Waals surface area contributed by atoms with Crippen molar-refractivity contribution in [1.82, 2.24) is 52.3 Å². The van der Waals surface area contributed by atoms with Crippen LogP contribution in [-0.4, -0.2) is 183 Å². The van der Waals surface area contributed by atoms with E-state index in [9.17, 15) is 67.7 Å². The van der Waals surface area contributed by atoms with Gasteiger partial charge in [0.25, 0.3) is 0 Å². The molecule has 3 aliphatic rings. The molecular weight excluding hydrogens is 1130 g/mol. The highest BCUT2D eigenvalue weighted by atomic mass is 33.1. The van der Waals surface area contributed by atoms with Crippen LogP contribution in [-0.2, 0) is 64.0 Å². The molecule has 3 heterocycles. The first-order valence-corrected chi connectivity index (χ1v) is 31.5. The summed E-state index contributed by atoms with van der Waals surface area (Å²) in [6.45, 7) is 13.0. The van der Waals surface area contributed by atoms with E-state index in [-0.39, 0.29) is 92.7 Å². The molecule has 0 aromatic heterocycles. The normalized spacial score (nSPS) is 23.4. The molecule has 0 unspecified atom stereocenters. The number of carboxylic acid groups (broad SMARTS) is 1. The van der Waals surface area contributed by atoms with E-state index in [0.717, 1.165) is 21.6 Å². The third kappa shape index (κ3) is 21.7. The van der Waals surface area contributed by atoms with Crippen LogP contribution in [0.1, 0.15) is 131 Å². The molecule has 0 bridgehead atoms. The van der Waals surface area contributed by atoms with Crippen molar-refractivity contribution in [2.75, 3.05) is 31.1 Å². The maximum Gasteiger partial charge on any atom is 0.303 e. The van der Waals surface area contributed by atoms with Crippen molar-refractivity contribution in [2.45, 2.75) is 192 Å². The number of nitrogens with zero attached hydrogens (tertiary/aromatic N) is 2. The van der Waals surface area contributed by atoms with E-state index in [0.29, 0.717) is 44.1 Å². The highest BCUT2D eigenvalue weighted by Gasteiger charge is 2.45. The van der Waals surface area contributed by atoms with Gasteiger partial charge < -0.3 is 74.0 Å². The van der Waals surface area contributed by atoms with Gasteiger partial charge in [0, 0.05) is 44.4 Å². The number of hydrogen-bond donors (Lipinski definition) is 12. The minimum Gasteiger partial charge on any atom is -0.508 e. The summed E-state index contributed by atoms with van der Waals surface area (Å²) in [6.07, 6.45) is 1.86. The molecule has 26 nitrogen and oxygen atoms in total. The van der Waals surface area contributed by atoms with E-state index in [1.54, 1.807) is 13.8 Å². The van der Waals surface area contributed by atoms with E-state index in [1.165, 1.54) is 41.0 Å². The molecule has 3 fully saturated rings. The Kier molecular flexibility index (Phi) is 28.5. The van der Waals surface area contributed by atoms with Crippen molar-refractivity contribution in [3.8, 4) is 5.75 Å². The number of benzene rings is 1. The fourth-order valence-electron chi connectivity index (χ4n) is 10.2. The molecule has 3 aliphatic heterocycles. The molecule has 3 saturated heterocycles. The maximum absolute atomic E-state index is 14.8. The quantitative estimate of drug-likeness (QED) is 0.0447. The first-order chi connectivity index (χ1) is 39.7. The molecule has 14 N–H and O–H groups in total. The largest absolute Gasteiger partial charge is 0.508 e. The zero-order chi connectivity index (χ0) is 62.4. The average Bonchev–Trinajstić information content (AvgIpc) is 3.19. The van der Waals surface area contributed by atoms with Crippen LogP contribution in [0.2, 0.25) is 0 Å². The number of rotatable bonds is 25. The molecule has 11 amide bonds. The second-order valence-electron chi connectivity index (χ2n) is 22.7. The summed E-state index contributed by atoms with van der Waals surface area (Å²) in [5.41, 5.74) is 12.0. The summed E-state index contributed by atoms with van der Waals surface area (Å²) in [5, 5.41) is 41.2. The van der Waals surface area contributed by atoms with Crippen LogP contribution in [0.3, 0.4) is 0 Å². The number of primary amides is 1. The first-order valence-electron chi connectivity index (χ1n) is 29.0. The molecule has 0 radical (unpaired) electrons. The number of nitrogens with two attached hydrogens (primary N) is 2. The predicted molar refractivity (Wildman–Crippen MR) is 315 cm³/mol. The average molecular weight is 1220 g/mol. The van der Waals surface area contributed by atoms with Crippen molar-refractivity contribution in [1.29, 1.82) is 0 Å². The van der Waals surface area contributed by atoms with Gasteiger partial charge in [-0.05, 0) is 106 Å². The van der Waals surface area contributed by atoms with Crippen molar-refractivity contribution >= 4 is 92.5 Å². The molecule has 28 heteroatoms. The van der Waals surface area contributed by atoms with Crippen LogP contribution in [0.15, 0.2) is 24.3 Å². The van der Waals surface area contributed by atoms with E-state index in [4.69, 9.17) is 11.5 Å². The molecule has 4 rings (SSSR count). The Labute approximate surface area is 498 Å². The molecule has 84 heavy (non-hydrogen) atoms. The van der Waals surface area contributed by atoms with Gasteiger partial charge in [0.05, 0.1) is 0 Å². The van der Waals surface area contributed by atoms with Crippen molar-refractivity contribution < 1.29 is 67.7 Å². The Morgan fingerprint density at radius 2 is 1.29 bits per heavy atom. The van der Waals surface area contributed by atoms with Gasteiger partial charge in [0.2, 0.25) is 65.0 Å². The van der Waals surface area contributed by atoms with E-state index < -0.39 is 138 Å². The Balaban J connectivity index is 1.68. The van der Waals surface area contributed by atoms with E-state index in [1.807, 2.05) is 27.7 Å². The van der Waals surface area contributed by atoms with Crippen LogP contribution in [0.4, 0.5) is 0 Å². The van der Waals surface area contributed by atoms with Gasteiger partial charge in [-0.2, -0.15) is 0 Å². The van der Waals surface area contributed by atoms with E-state index in [2.05, 4.69) is 42.5 Å². The van der Waals surface area contributed by atoms with Crippen LogP contribution in [0.5, 0.6) is 5.75 Å². The number of aromatic hydroxyl groups is 1. The zero-order valence-electron chi connectivity index (χ0n) is 49.2. The number of likely N-dealkylation sites (tertiary alicyclic amines) is 2. The summed E-state index contributed by atoms with van der Waals surface area (Å²) in [6, 6.07) is -6.72. The number of carbonyl (C=O) groups is 12. The molecule has 0 aliphatic carbocycles. The number of unbranched alkanes of at least 4 members (excludes halogenated alkanes) is 1. The molecule has 0 spiro atoms. The smallest absolute Gasteiger partial charge is 0.303 e. The summed E-state index contributed by atoms with van der Waals surface area (Å²) < 4.78 is 0. The molecule has 1 aromatic rings. The predicted octanol–water partition coefficient (Wildman–Crippen LogP) is -0.173. The number of phenolic OH excluding ortho intramolecular Hbond substituents is 1. The minimum absolute atomic E-state index is 0.0392. The topological polar surface area (TPSA) is 400 Å². The van der Waals surface area contributed by atoms with Gasteiger partial charge in [-0.3, -0.25) is 57.5 Å². The Morgan fingerprint density at radius 1 is 0.714 bits per heavy atom. The number of carboxylic acids is 1. The Bertz CT molecular complexity index is 2490.